The van der Waals surface area contributed by atoms with E-state index in [-0.39, 0.29) is 0 Å². The predicted octanol–water partition coefficient (Wildman–Crippen LogP) is 7.38. The molecule has 1 nitrogen and oxygen atoms in total. The van der Waals surface area contributed by atoms with Gasteiger partial charge >= 0.3 is 0 Å². The van der Waals surface area contributed by atoms with Crippen molar-refractivity contribution in [1.29, 1.82) is 0 Å². The molecule has 24 heavy (non-hydrogen) atoms. The van der Waals surface area contributed by atoms with Crippen LogP contribution < -0.4 is 0 Å². The molecule has 138 valence electrons. The number of allylic oxidation sites excluding steroid dienone is 3. The monoisotopic (exact) mass is 352 g/mol. The number of alkyl halides is 1. The van der Waals surface area contributed by atoms with Crippen molar-refractivity contribution < 1.29 is 4.74 Å². The van der Waals surface area contributed by atoms with Gasteiger partial charge in [-0.05, 0) is 50.7 Å². The molecule has 0 radical (unpaired) electrons. The molecule has 0 aromatic heterocycles. The minimum atomic E-state index is 0.703. The lowest BCUT2D eigenvalue weighted by molar-refractivity contribution is 0.167. The summed E-state index contributed by atoms with van der Waals surface area (Å²) in [6, 6.07) is 0. The van der Waals surface area contributed by atoms with Crippen molar-refractivity contribution in [3.8, 4) is 0 Å². The van der Waals surface area contributed by atoms with Gasteiger partial charge in [0, 0.05) is 5.88 Å². The maximum Gasteiger partial charge on any atom is 0.0647 e. The predicted molar refractivity (Wildman–Crippen MR) is 109 cm³/mol. The van der Waals surface area contributed by atoms with E-state index in [2.05, 4.69) is 37.0 Å². The van der Waals surface area contributed by atoms with Crippen LogP contribution in [0, 0.1) is 0 Å². The van der Waals surface area contributed by atoms with Gasteiger partial charge in [0.1, 0.15) is 0 Å². The fraction of sp³-hybridized carbons (Fsp3) is 0.682. The first kappa shape index (κ1) is 23.2. The Morgan fingerprint density at radius 2 is 1.54 bits per heavy atom. The second kappa shape index (κ2) is 22.2. The number of halogens is 1. The fourth-order valence-corrected chi connectivity index (χ4v) is 2.38. The molecule has 0 saturated heterocycles. The highest BCUT2D eigenvalue weighted by molar-refractivity contribution is 6.17. The van der Waals surface area contributed by atoms with E-state index < -0.39 is 0 Å². The summed E-state index contributed by atoms with van der Waals surface area (Å²) in [6.07, 6.45) is 26.4. The van der Waals surface area contributed by atoms with Gasteiger partial charge in [-0.2, -0.15) is 0 Å². The van der Waals surface area contributed by atoms with E-state index in [1.165, 1.54) is 44.9 Å². The van der Waals surface area contributed by atoms with Crippen molar-refractivity contribution in [3.05, 3.63) is 42.2 Å². The molecule has 0 aliphatic heterocycles. The molecule has 0 fully saturated rings. The minimum Gasteiger partial charge on any atom is -0.377 e. The lowest BCUT2D eigenvalue weighted by atomic mass is 10.1. The third kappa shape index (κ3) is 21.2. The number of unbranched alkanes of at least 4 members (excludes halogenated alkanes) is 7. The van der Waals surface area contributed by atoms with Crippen LogP contribution in [0.5, 0.6) is 0 Å². The Bertz CT molecular complexity index is 351. The van der Waals surface area contributed by atoms with Gasteiger partial charge in [-0.15, -0.1) is 17.3 Å². The quantitative estimate of drug-likeness (QED) is 0.115. The molecule has 0 rings (SSSR count). The van der Waals surface area contributed by atoms with E-state index in [1.807, 2.05) is 12.2 Å². The smallest absolute Gasteiger partial charge is 0.0647 e. The first-order valence-corrected chi connectivity index (χ1v) is 10.3. The second-order valence-corrected chi connectivity index (χ2v) is 6.38. The van der Waals surface area contributed by atoms with Gasteiger partial charge in [-0.25, -0.2) is 0 Å². The van der Waals surface area contributed by atoms with Gasteiger partial charge in [0.05, 0.1) is 13.2 Å². The van der Waals surface area contributed by atoms with Gasteiger partial charge in [-0.3, -0.25) is 0 Å². The summed E-state index contributed by atoms with van der Waals surface area (Å²) >= 11 is 5.60. The van der Waals surface area contributed by atoms with Crippen molar-refractivity contribution in [3.63, 3.8) is 0 Å². The summed E-state index contributed by atoms with van der Waals surface area (Å²) in [6.45, 7) is 3.73. The molecule has 0 aliphatic carbocycles. The summed E-state index contributed by atoms with van der Waals surface area (Å²) in [5.41, 5.74) is 3.15. The molecule has 0 amide bonds. The van der Waals surface area contributed by atoms with E-state index >= 15 is 0 Å². The van der Waals surface area contributed by atoms with Crippen molar-refractivity contribution in [2.45, 2.75) is 77.6 Å². The highest BCUT2D eigenvalue weighted by Gasteiger charge is 1.87. The van der Waals surface area contributed by atoms with E-state index in [9.17, 15) is 0 Å². The third-order valence-electron chi connectivity index (χ3n) is 3.67. The zero-order valence-corrected chi connectivity index (χ0v) is 16.4. The minimum absolute atomic E-state index is 0.703. The Morgan fingerprint density at radius 1 is 0.792 bits per heavy atom. The molecule has 0 atom stereocenters. The normalized spacial score (nSPS) is 11.2. The molecule has 0 N–H and O–H groups in total. The number of rotatable bonds is 17. The van der Waals surface area contributed by atoms with E-state index in [0.29, 0.717) is 6.61 Å². The van der Waals surface area contributed by atoms with Crippen LogP contribution in [0.3, 0.4) is 0 Å². The lowest BCUT2D eigenvalue weighted by Crippen LogP contribution is -1.91. The Morgan fingerprint density at radius 3 is 2.38 bits per heavy atom. The Hall–Kier alpha value is -0.750. The van der Waals surface area contributed by atoms with Crippen molar-refractivity contribution >= 4 is 11.6 Å². The summed E-state index contributed by atoms with van der Waals surface area (Å²) < 4.78 is 5.54. The second-order valence-electron chi connectivity index (χ2n) is 6.00. The van der Waals surface area contributed by atoms with Crippen LogP contribution in [0.25, 0.3) is 0 Å². The van der Waals surface area contributed by atoms with Crippen LogP contribution in [0.1, 0.15) is 77.6 Å². The molecule has 0 spiro atoms. The molecule has 0 unspecified atom stereocenters. The number of hydrogen-bond donors (Lipinski definition) is 0. The van der Waals surface area contributed by atoms with Gasteiger partial charge in [-0.1, -0.05) is 63.3 Å². The molecular formula is C22H37ClO. The van der Waals surface area contributed by atoms with Gasteiger partial charge in [0.15, 0.2) is 0 Å². The lowest BCUT2D eigenvalue weighted by Gasteiger charge is -1.97. The van der Waals surface area contributed by atoms with Crippen LogP contribution in [0.2, 0.25) is 0 Å². The van der Waals surface area contributed by atoms with Crippen molar-refractivity contribution in [1.82, 2.24) is 0 Å². The summed E-state index contributed by atoms with van der Waals surface area (Å²) in [7, 11) is 0. The first-order chi connectivity index (χ1) is 11.9. The van der Waals surface area contributed by atoms with Crippen LogP contribution in [-0.2, 0) is 4.74 Å². The van der Waals surface area contributed by atoms with E-state index in [0.717, 1.165) is 38.2 Å². The summed E-state index contributed by atoms with van der Waals surface area (Å²) in [4.78, 5) is 0. The summed E-state index contributed by atoms with van der Waals surface area (Å²) in [5, 5.41) is 0. The van der Waals surface area contributed by atoms with E-state index in [1.54, 1.807) is 0 Å². The number of hydrogen-bond acceptors (Lipinski definition) is 1. The van der Waals surface area contributed by atoms with Crippen molar-refractivity contribution in [2.24, 2.45) is 0 Å². The Labute approximate surface area is 155 Å². The topological polar surface area (TPSA) is 9.23 Å². The van der Waals surface area contributed by atoms with Crippen LogP contribution in [-0.4, -0.2) is 19.1 Å². The molecule has 0 saturated carbocycles. The molecule has 0 aromatic rings. The summed E-state index contributed by atoms with van der Waals surface area (Å²) in [5.74, 6) is 0.724. The third-order valence-corrected chi connectivity index (χ3v) is 3.94. The average molecular weight is 353 g/mol. The zero-order chi connectivity index (χ0) is 17.6. The van der Waals surface area contributed by atoms with E-state index in [4.69, 9.17) is 16.3 Å². The number of ether oxygens (including phenoxy) is 1. The Kier molecular flexibility index (Phi) is 21.6. The molecule has 0 heterocycles. The van der Waals surface area contributed by atoms with Crippen LogP contribution >= 0.6 is 11.6 Å². The average Bonchev–Trinajstić information content (AvgIpc) is 2.60. The van der Waals surface area contributed by atoms with Gasteiger partial charge in [0.2, 0.25) is 0 Å². The Balaban J connectivity index is 3.28. The molecule has 0 aliphatic rings. The highest BCUT2D eigenvalue weighted by atomic mass is 35.5. The maximum atomic E-state index is 5.60. The zero-order valence-electron chi connectivity index (χ0n) is 15.6. The standard InChI is InChI=1S/C22H37ClO/c1-2-3-4-5-6-7-8-9-10-12-15-18-21-24-22-19-16-13-11-14-17-20-23/h9-11,15-16,18H,2-8,12,14,17,19-22H2,1H3. The first-order valence-electron chi connectivity index (χ1n) is 9.75. The molecular weight excluding hydrogens is 316 g/mol. The highest BCUT2D eigenvalue weighted by Crippen LogP contribution is 2.07. The van der Waals surface area contributed by atoms with Crippen molar-refractivity contribution in [2.75, 3.05) is 19.1 Å². The molecule has 2 heteroatoms. The van der Waals surface area contributed by atoms with Crippen LogP contribution in [0.4, 0.5) is 0 Å². The van der Waals surface area contributed by atoms with Gasteiger partial charge in [0.25, 0.3) is 0 Å². The largest absolute Gasteiger partial charge is 0.377 e. The maximum absolute atomic E-state index is 5.60. The molecule has 0 bridgehead atoms. The van der Waals surface area contributed by atoms with Gasteiger partial charge < -0.3 is 4.74 Å². The fourth-order valence-electron chi connectivity index (χ4n) is 2.22. The SMILES string of the molecule is CCCCCCCCC=CCC=CCOCCC=C=CCCCCl. The van der Waals surface area contributed by atoms with Crippen LogP contribution in [0.15, 0.2) is 42.2 Å². The molecule has 0 aromatic carbocycles.